The van der Waals surface area contributed by atoms with Gasteiger partial charge in [0.15, 0.2) is 0 Å². The number of nitro benzene ring substituents is 1. The van der Waals surface area contributed by atoms with Crippen molar-refractivity contribution in [3.8, 4) is 0 Å². The molecule has 0 spiro atoms. The molecular weight excluding hydrogens is 487 g/mol. The van der Waals surface area contributed by atoms with Gasteiger partial charge in [-0.1, -0.05) is 44.2 Å². The van der Waals surface area contributed by atoms with Crippen LogP contribution in [0.3, 0.4) is 0 Å². The Balaban J connectivity index is 2.04. The molecule has 0 aliphatic heterocycles. The molecule has 0 heterocycles. The number of carbonyl (C=O) groups excluding carboxylic acids is 2. The summed E-state index contributed by atoms with van der Waals surface area (Å²) in [6.45, 7) is 7.69. The van der Waals surface area contributed by atoms with Crippen molar-refractivity contribution in [1.29, 1.82) is 0 Å². The van der Waals surface area contributed by atoms with Gasteiger partial charge in [0.1, 0.15) is 11.3 Å². The molecular formula is C27H26F3N3O4. The minimum absolute atomic E-state index is 0.260. The van der Waals surface area contributed by atoms with E-state index in [0.29, 0.717) is 5.69 Å². The van der Waals surface area contributed by atoms with Crippen molar-refractivity contribution < 1.29 is 27.7 Å². The zero-order valence-electron chi connectivity index (χ0n) is 20.9. The fraction of sp³-hybridized carbons (Fsp3) is 0.259. The van der Waals surface area contributed by atoms with Crippen LogP contribution in [0.2, 0.25) is 0 Å². The largest absolute Gasteiger partial charge is 0.417 e. The maximum absolute atomic E-state index is 13.5. The molecule has 0 atom stereocenters. The molecule has 0 fully saturated rings. The molecule has 0 aliphatic carbocycles. The first kappa shape index (κ1) is 27.4. The Labute approximate surface area is 212 Å². The Kier molecular flexibility index (Phi) is 7.71. The fourth-order valence-electron chi connectivity index (χ4n) is 4.09. The number of aryl methyl sites for hydroxylation is 2. The highest BCUT2D eigenvalue weighted by Crippen LogP contribution is 2.36. The minimum atomic E-state index is -4.80. The van der Waals surface area contributed by atoms with Crippen molar-refractivity contribution in [1.82, 2.24) is 0 Å². The third-order valence-corrected chi connectivity index (χ3v) is 6.03. The van der Waals surface area contributed by atoms with Gasteiger partial charge in [0.25, 0.3) is 11.8 Å². The lowest BCUT2D eigenvalue weighted by atomic mass is 9.96. The molecule has 194 valence electrons. The zero-order chi connectivity index (χ0) is 27.7. The first-order valence-corrected chi connectivity index (χ1v) is 11.4. The topological polar surface area (TPSA) is 92.6 Å². The number of anilines is 2. The molecule has 3 rings (SSSR count). The SMILES string of the molecule is Cc1cc(C(C)C)cc(C)c1NC(=O)c1cccc(N(C)C(=O)c2ccccc2C(F)(F)F)c1[N+](=O)[O-]. The second-order valence-electron chi connectivity index (χ2n) is 8.98. The summed E-state index contributed by atoms with van der Waals surface area (Å²) in [6.07, 6.45) is -4.80. The lowest BCUT2D eigenvalue weighted by Gasteiger charge is -2.21. The number of amides is 2. The predicted molar refractivity (Wildman–Crippen MR) is 135 cm³/mol. The third-order valence-electron chi connectivity index (χ3n) is 6.03. The van der Waals surface area contributed by atoms with Crippen molar-refractivity contribution >= 4 is 28.9 Å². The summed E-state index contributed by atoms with van der Waals surface area (Å²) in [4.78, 5) is 38.2. The van der Waals surface area contributed by atoms with Gasteiger partial charge >= 0.3 is 11.9 Å². The van der Waals surface area contributed by atoms with Gasteiger partial charge in [-0.15, -0.1) is 0 Å². The predicted octanol–water partition coefficient (Wildman–Crippen LogP) is 6.88. The van der Waals surface area contributed by atoms with E-state index in [4.69, 9.17) is 0 Å². The van der Waals surface area contributed by atoms with E-state index in [9.17, 15) is 32.9 Å². The zero-order valence-corrected chi connectivity index (χ0v) is 20.9. The average Bonchev–Trinajstić information content (AvgIpc) is 2.83. The summed E-state index contributed by atoms with van der Waals surface area (Å²) < 4.78 is 40.4. The Morgan fingerprint density at radius 2 is 1.54 bits per heavy atom. The molecule has 2 amide bonds. The van der Waals surface area contributed by atoms with Crippen LogP contribution in [-0.2, 0) is 6.18 Å². The van der Waals surface area contributed by atoms with Crippen molar-refractivity contribution in [3.63, 3.8) is 0 Å². The lowest BCUT2D eigenvalue weighted by Crippen LogP contribution is -2.30. The molecule has 0 aliphatic rings. The van der Waals surface area contributed by atoms with Gasteiger partial charge in [-0.25, -0.2) is 0 Å². The molecule has 0 saturated carbocycles. The second-order valence-corrected chi connectivity index (χ2v) is 8.98. The number of alkyl halides is 3. The Morgan fingerprint density at radius 3 is 2.08 bits per heavy atom. The standard InChI is InChI=1S/C27H26F3N3O4/c1-15(2)18-13-16(3)23(17(4)14-18)31-25(34)20-10-8-12-22(24(20)33(36)37)32(5)26(35)19-9-6-7-11-21(19)27(28,29)30/h6-15H,1-5H3,(H,31,34). The van der Waals surface area contributed by atoms with Crippen molar-refractivity contribution in [2.45, 2.75) is 39.8 Å². The number of hydrogen-bond donors (Lipinski definition) is 1. The van der Waals surface area contributed by atoms with Crippen molar-refractivity contribution in [2.24, 2.45) is 0 Å². The van der Waals surface area contributed by atoms with Gasteiger partial charge in [0.2, 0.25) is 0 Å². The third kappa shape index (κ3) is 5.63. The molecule has 0 saturated heterocycles. The fourth-order valence-corrected chi connectivity index (χ4v) is 4.09. The molecule has 0 aromatic heterocycles. The van der Waals surface area contributed by atoms with Gasteiger partial charge in [-0.2, -0.15) is 13.2 Å². The van der Waals surface area contributed by atoms with Crippen LogP contribution in [-0.4, -0.2) is 23.8 Å². The molecule has 0 unspecified atom stereocenters. The van der Waals surface area contributed by atoms with Crippen LogP contribution in [0.25, 0.3) is 0 Å². The second kappa shape index (κ2) is 10.4. The van der Waals surface area contributed by atoms with Crippen LogP contribution in [0.5, 0.6) is 0 Å². The molecule has 37 heavy (non-hydrogen) atoms. The van der Waals surface area contributed by atoms with E-state index >= 15 is 0 Å². The number of benzene rings is 3. The highest BCUT2D eigenvalue weighted by Gasteiger charge is 2.37. The average molecular weight is 514 g/mol. The van der Waals surface area contributed by atoms with E-state index in [2.05, 4.69) is 5.32 Å². The Bertz CT molecular complexity index is 1360. The molecule has 0 bridgehead atoms. The van der Waals surface area contributed by atoms with Gasteiger partial charge < -0.3 is 10.2 Å². The van der Waals surface area contributed by atoms with Crippen LogP contribution in [0, 0.1) is 24.0 Å². The van der Waals surface area contributed by atoms with Crippen molar-refractivity contribution in [2.75, 3.05) is 17.3 Å². The number of rotatable bonds is 6. The van der Waals surface area contributed by atoms with Crippen LogP contribution in [0.1, 0.15) is 62.7 Å². The number of carbonyl (C=O) groups is 2. The normalized spacial score (nSPS) is 11.4. The number of halogens is 3. The Morgan fingerprint density at radius 1 is 0.973 bits per heavy atom. The summed E-state index contributed by atoms with van der Waals surface area (Å²) in [7, 11) is 1.12. The summed E-state index contributed by atoms with van der Waals surface area (Å²) >= 11 is 0. The number of nitrogens with zero attached hydrogens (tertiary/aromatic N) is 2. The first-order chi connectivity index (χ1) is 17.2. The van der Waals surface area contributed by atoms with Gasteiger partial charge in [-0.3, -0.25) is 19.7 Å². The summed E-state index contributed by atoms with van der Waals surface area (Å²) in [6, 6.07) is 11.8. The van der Waals surface area contributed by atoms with Gasteiger partial charge in [0.05, 0.1) is 16.1 Å². The molecule has 3 aromatic rings. The molecule has 7 nitrogen and oxygen atoms in total. The van der Waals surface area contributed by atoms with Gasteiger partial charge in [-0.05, 0) is 60.7 Å². The quantitative estimate of drug-likeness (QED) is 0.287. The van der Waals surface area contributed by atoms with Crippen LogP contribution < -0.4 is 10.2 Å². The monoisotopic (exact) mass is 513 g/mol. The van der Waals surface area contributed by atoms with Crippen LogP contribution in [0.4, 0.5) is 30.2 Å². The number of nitrogens with one attached hydrogen (secondary N) is 1. The highest BCUT2D eigenvalue weighted by molar-refractivity contribution is 6.12. The van der Waals surface area contributed by atoms with E-state index in [0.717, 1.165) is 46.8 Å². The number of hydrogen-bond acceptors (Lipinski definition) is 4. The maximum Gasteiger partial charge on any atom is 0.417 e. The van der Waals surface area contributed by atoms with E-state index in [1.165, 1.54) is 24.3 Å². The summed E-state index contributed by atoms with van der Waals surface area (Å²) in [5.41, 5.74) is -0.0790. The maximum atomic E-state index is 13.5. The van der Waals surface area contributed by atoms with Crippen LogP contribution >= 0.6 is 0 Å². The van der Waals surface area contributed by atoms with E-state index in [1.54, 1.807) is 0 Å². The Hall–Kier alpha value is -4.21. The first-order valence-electron chi connectivity index (χ1n) is 11.4. The summed E-state index contributed by atoms with van der Waals surface area (Å²) in [5, 5.41) is 14.8. The molecule has 1 N–H and O–H groups in total. The highest BCUT2D eigenvalue weighted by atomic mass is 19.4. The van der Waals surface area contributed by atoms with E-state index in [-0.39, 0.29) is 17.2 Å². The molecule has 0 radical (unpaired) electrons. The minimum Gasteiger partial charge on any atom is -0.321 e. The lowest BCUT2D eigenvalue weighted by molar-refractivity contribution is -0.384. The van der Waals surface area contributed by atoms with E-state index in [1.807, 2.05) is 39.8 Å². The number of para-hydroxylation sites is 1. The molecule has 3 aromatic carbocycles. The van der Waals surface area contributed by atoms with Gasteiger partial charge in [0, 0.05) is 12.7 Å². The number of nitro groups is 1. The molecule has 10 heteroatoms. The van der Waals surface area contributed by atoms with Crippen molar-refractivity contribution in [3.05, 3.63) is 98.1 Å². The van der Waals surface area contributed by atoms with Crippen LogP contribution in [0.15, 0.2) is 54.6 Å². The summed E-state index contributed by atoms with van der Waals surface area (Å²) in [5.74, 6) is -1.63. The van der Waals surface area contributed by atoms with E-state index < -0.39 is 39.7 Å². The smallest absolute Gasteiger partial charge is 0.321 e.